The number of ether oxygens (including phenoxy) is 1. The minimum Gasteiger partial charge on any atom is -0.387 e. The van der Waals surface area contributed by atoms with Crippen LogP contribution in [0.2, 0.25) is 0 Å². The molecule has 78 valence electrons. The van der Waals surface area contributed by atoms with E-state index in [1.54, 1.807) is 0 Å². The van der Waals surface area contributed by atoms with Crippen molar-refractivity contribution in [3.8, 4) is 0 Å². The fourth-order valence-electron chi connectivity index (χ4n) is 2.60. The third-order valence-electron chi connectivity index (χ3n) is 3.66. The van der Waals surface area contributed by atoms with Crippen molar-refractivity contribution in [2.45, 2.75) is 56.8 Å². The smallest absolute Gasteiger partial charge is 0.0973 e. The zero-order valence-corrected chi connectivity index (χ0v) is 8.48. The van der Waals surface area contributed by atoms with Crippen molar-refractivity contribution in [3.63, 3.8) is 0 Å². The van der Waals surface area contributed by atoms with E-state index in [0.717, 1.165) is 5.84 Å². The highest BCUT2D eigenvalue weighted by molar-refractivity contribution is 5.85. The van der Waals surface area contributed by atoms with E-state index < -0.39 is 0 Å². The number of rotatable bonds is 2. The summed E-state index contributed by atoms with van der Waals surface area (Å²) in [4.78, 5) is 4.65. The van der Waals surface area contributed by atoms with Gasteiger partial charge in [0.25, 0.3) is 0 Å². The van der Waals surface area contributed by atoms with Gasteiger partial charge in [-0.3, -0.25) is 4.99 Å². The molecule has 2 bridgehead atoms. The van der Waals surface area contributed by atoms with Gasteiger partial charge in [0.1, 0.15) is 0 Å². The highest BCUT2D eigenvalue weighted by Gasteiger charge is 2.37. The first-order valence-corrected chi connectivity index (χ1v) is 5.81. The normalized spacial score (nSPS) is 42.9. The average Bonchev–Trinajstić information content (AvgIpc) is 2.96. The van der Waals surface area contributed by atoms with Crippen LogP contribution in [-0.4, -0.2) is 24.1 Å². The summed E-state index contributed by atoms with van der Waals surface area (Å²) in [7, 11) is 0. The maximum Gasteiger partial charge on any atom is 0.0973 e. The molecule has 2 aliphatic heterocycles. The number of amidine groups is 1. The van der Waals surface area contributed by atoms with Crippen molar-refractivity contribution in [1.82, 2.24) is 0 Å². The van der Waals surface area contributed by atoms with Crippen LogP contribution in [0.3, 0.4) is 0 Å². The standard InChI is InChI=1S/C11H18N2O/c12-11(7-1-2-7)13-9-5-3-8-4-6-10(9)14-8/h7-10H,1-6H2,(H2,12,13). The Labute approximate surface area is 84.7 Å². The molecule has 3 fully saturated rings. The largest absolute Gasteiger partial charge is 0.387 e. The Bertz CT molecular complexity index is 260. The summed E-state index contributed by atoms with van der Waals surface area (Å²) >= 11 is 0. The predicted molar refractivity (Wildman–Crippen MR) is 55.3 cm³/mol. The Morgan fingerprint density at radius 3 is 2.64 bits per heavy atom. The first kappa shape index (κ1) is 8.72. The van der Waals surface area contributed by atoms with E-state index in [2.05, 4.69) is 4.99 Å². The Kier molecular flexibility index (Phi) is 2.01. The van der Waals surface area contributed by atoms with Gasteiger partial charge < -0.3 is 10.5 Å². The first-order chi connectivity index (χ1) is 6.83. The van der Waals surface area contributed by atoms with Crippen molar-refractivity contribution in [3.05, 3.63) is 0 Å². The van der Waals surface area contributed by atoms with Crippen molar-refractivity contribution >= 4 is 5.84 Å². The lowest BCUT2D eigenvalue weighted by Gasteiger charge is -2.26. The maximum absolute atomic E-state index is 5.93. The zero-order chi connectivity index (χ0) is 9.54. The molecular formula is C11H18N2O. The summed E-state index contributed by atoms with van der Waals surface area (Å²) in [5.41, 5.74) is 5.93. The molecule has 0 aromatic heterocycles. The molecule has 1 aliphatic carbocycles. The molecule has 3 atom stereocenters. The van der Waals surface area contributed by atoms with Gasteiger partial charge in [-0.2, -0.15) is 0 Å². The highest BCUT2D eigenvalue weighted by Crippen LogP contribution is 2.35. The first-order valence-electron chi connectivity index (χ1n) is 5.81. The molecule has 0 radical (unpaired) electrons. The Morgan fingerprint density at radius 2 is 1.86 bits per heavy atom. The number of hydrogen-bond acceptors (Lipinski definition) is 2. The monoisotopic (exact) mass is 194 g/mol. The molecule has 2 saturated heterocycles. The van der Waals surface area contributed by atoms with Crippen molar-refractivity contribution < 1.29 is 4.74 Å². The summed E-state index contributed by atoms with van der Waals surface area (Å²) in [6.07, 6.45) is 8.20. The molecule has 3 rings (SSSR count). The molecule has 0 spiro atoms. The lowest BCUT2D eigenvalue weighted by Crippen LogP contribution is -2.33. The van der Waals surface area contributed by atoms with Crippen LogP contribution < -0.4 is 5.73 Å². The van der Waals surface area contributed by atoms with E-state index in [-0.39, 0.29) is 0 Å². The fourth-order valence-corrected chi connectivity index (χ4v) is 2.60. The quantitative estimate of drug-likeness (QED) is 0.534. The summed E-state index contributed by atoms with van der Waals surface area (Å²) in [5.74, 6) is 1.50. The van der Waals surface area contributed by atoms with E-state index >= 15 is 0 Å². The molecule has 3 aliphatic rings. The van der Waals surface area contributed by atoms with Gasteiger partial charge in [-0.25, -0.2) is 0 Å². The van der Waals surface area contributed by atoms with Gasteiger partial charge in [0, 0.05) is 5.92 Å². The molecule has 0 amide bonds. The van der Waals surface area contributed by atoms with Crippen molar-refractivity contribution in [2.24, 2.45) is 16.6 Å². The second-order valence-corrected chi connectivity index (χ2v) is 4.85. The van der Waals surface area contributed by atoms with E-state index in [1.165, 1.54) is 38.5 Å². The van der Waals surface area contributed by atoms with Gasteiger partial charge in [0.05, 0.1) is 24.1 Å². The van der Waals surface area contributed by atoms with Crippen LogP contribution in [0.4, 0.5) is 0 Å². The molecule has 0 aromatic rings. The molecule has 3 unspecified atom stereocenters. The van der Waals surface area contributed by atoms with Gasteiger partial charge in [0.15, 0.2) is 0 Å². The molecule has 3 heteroatoms. The topological polar surface area (TPSA) is 47.6 Å². The van der Waals surface area contributed by atoms with E-state index in [1.807, 2.05) is 0 Å². The van der Waals surface area contributed by atoms with Gasteiger partial charge in [-0.05, 0) is 38.5 Å². The van der Waals surface area contributed by atoms with Gasteiger partial charge in [0.2, 0.25) is 0 Å². The minimum absolute atomic E-state index is 0.370. The highest BCUT2D eigenvalue weighted by atomic mass is 16.5. The van der Waals surface area contributed by atoms with Crippen LogP contribution in [0, 0.1) is 5.92 Å². The number of aliphatic imine (C=N–C) groups is 1. The number of nitrogens with two attached hydrogens (primary N) is 1. The number of fused-ring (bicyclic) bond motifs is 2. The van der Waals surface area contributed by atoms with Crippen LogP contribution in [0.25, 0.3) is 0 Å². The van der Waals surface area contributed by atoms with E-state index in [9.17, 15) is 0 Å². The number of hydrogen-bond donors (Lipinski definition) is 1. The van der Waals surface area contributed by atoms with Crippen LogP contribution in [0.5, 0.6) is 0 Å². The lowest BCUT2D eigenvalue weighted by molar-refractivity contribution is -0.00640. The van der Waals surface area contributed by atoms with E-state index in [0.29, 0.717) is 24.2 Å². The van der Waals surface area contributed by atoms with Crippen LogP contribution >= 0.6 is 0 Å². The van der Waals surface area contributed by atoms with Crippen LogP contribution in [0.1, 0.15) is 38.5 Å². The van der Waals surface area contributed by atoms with Gasteiger partial charge in [-0.15, -0.1) is 0 Å². The summed E-state index contributed by atoms with van der Waals surface area (Å²) in [6.45, 7) is 0. The van der Waals surface area contributed by atoms with Crippen molar-refractivity contribution in [2.75, 3.05) is 0 Å². The summed E-state index contributed by atoms with van der Waals surface area (Å²) < 4.78 is 5.85. The fraction of sp³-hybridized carbons (Fsp3) is 0.909. The Balaban J connectivity index is 1.69. The Hall–Kier alpha value is -0.570. The number of nitrogens with zero attached hydrogens (tertiary/aromatic N) is 1. The van der Waals surface area contributed by atoms with Crippen molar-refractivity contribution in [1.29, 1.82) is 0 Å². The zero-order valence-electron chi connectivity index (χ0n) is 8.48. The average molecular weight is 194 g/mol. The predicted octanol–water partition coefficient (Wildman–Crippen LogP) is 1.46. The van der Waals surface area contributed by atoms with Gasteiger partial charge >= 0.3 is 0 Å². The third kappa shape index (κ3) is 1.54. The molecule has 1 saturated carbocycles. The van der Waals surface area contributed by atoms with E-state index in [4.69, 9.17) is 10.5 Å². The summed E-state index contributed by atoms with van der Waals surface area (Å²) in [5, 5.41) is 0. The third-order valence-corrected chi connectivity index (χ3v) is 3.66. The van der Waals surface area contributed by atoms with Crippen LogP contribution in [-0.2, 0) is 4.74 Å². The molecule has 0 aromatic carbocycles. The lowest BCUT2D eigenvalue weighted by atomic mass is 10.0. The second kappa shape index (κ2) is 3.23. The SMILES string of the molecule is NC(=NC1CCC2CCC1O2)C1CC1. The van der Waals surface area contributed by atoms with Gasteiger partial charge in [-0.1, -0.05) is 0 Å². The molecule has 14 heavy (non-hydrogen) atoms. The Morgan fingerprint density at radius 1 is 1.07 bits per heavy atom. The molecule has 3 nitrogen and oxygen atoms in total. The molecular weight excluding hydrogens is 176 g/mol. The molecule has 2 N–H and O–H groups in total. The summed E-state index contributed by atoms with van der Waals surface area (Å²) in [6, 6.07) is 0.370. The molecule has 2 heterocycles. The van der Waals surface area contributed by atoms with Crippen LogP contribution in [0.15, 0.2) is 4.99 Å². The second-order valence-electron chi connectivity index (χ2n) is 4.85. The maximum atomic E-state index is 5.93. The minimum atomic E-state index is 0.370.